The van der Waals surface area contributed by atoms with Gasteiger partial charge < -0.3 is 15.0 Å². The molecule has 2 amide bonds. The minimum atomic E-state index is -0.749. The Balaban J connectivity index is 1.78. The molecule has 0 bridgehead atoms. The monoisotopic (exact) mass is 314 g/mol. The molecule has 1 atom stereocenters. The minimum Gasteiger partial charge on any atom is -0.466 e. The normalized spacial score (nSPS) is 19.8. The largest absolute Gasteiger partial charge is 0.466 e. The fourth-order valence-corrected chi connectivity index (χ4v) is 3.19. The summed E-state index contributed by atoms with van der Waals surface area (Å²) in [5.74, 6) is -1.74. The molecule has 0 radical (unpaired) electrons. The number of esters is 1. The number of nitrogens with zero attached hydrogens (tertiary/aromatic N) is 1. The van der Waals surface area contributed by atoms with Crippen molar-refractivity contribution in [3.63, 3.8) is 0 Å². The summed E-state index contributed by atoms with van der Waals surface area (Å²) in [7, 11) is 1.29. The van der Waals surface area contributed by atoms with Crippen molar-refractivity contribution in [1.82, 2.24) is 4.90 Å². The van der Waals surface area contributed by atoms with Crippen molar-refractivity contribution in [3.05, 3.63) is 41.6 Å². The molecule has 23 heavy (non-hydrogen) atoms. The van der Waals surface area contributed by atoms with Crippen LogP contribution in [0.2, 0.25) is 0 Å². The van der Waals surface area contributed by atoms with Crippen LogP contribution in [0.3, 0.4) is 0 Å². The van der Waals surface area contributed by atoms with Gasteiger partial charge in [0.15, 0.2) is 0 Å². The zero-order chi connectivity index (χ0) is 16.4. The molecular formula is C17H18N2O4. The molecule has 2 heterocycles. The first-order chi connectivity index (χ1) is 11.1. The van der Waals surface area contributed by atoms with E-state index in [1.165, 1.54) is 7.11 Å². The third-order valence-corrected chi connectivity index (χ3v) is 4.20. The lowest BCUT2D eigenvalue weighted by Gasteiger charge is -2.14. The molecular weight excluding hydrogens is 296 g/mol. The Morgan fingerprint density at radius 1 is 1.30 bits per heavy atom. The molecule has 2 aliphatic heterocycles. The smallest absolute Gasteiger partial charge is 0.336 e. The third-order valence-electron chi connectivity index (χ3n) is 4.20. The Labute approximate surface area is 134 Å². The van der Waals surface area contributed by atoms with Crippen LogP contribution in [-0.4, -0.2) is 36.3 Å². The lowest BCUT2D eigenvalue weighted by molar-refractivity contribution is -0.139. The number of ether oxygens (including phenoxy) is 1. The lowest BCUT2D eigenvalue weighted by Crippen LogP contribution is -2.30. The molecule has 3 rings (SSSR count). The maximum absolute atomic E-state index is 12.5. The van der Waals surface area contributed by atoms with Gasteiger partial charge in [-0.3, -0.25) is 9.59 Å². The number of fused-ring (bicyclic) bond motifs is 1. The summed E-state index contributed by atoms with van der Waals surface area (Å²) in [5.41, 5.74) is 1.73. The topological polar surface area (TPSA) is 75.7 Å². The number of benzene rings is 1. The molecule has 1 fully saturated rings. The second kappa shape index (κ2) is 6.24. The van der Waals surface area contributed by atoms with E-state index in [1.54, 1.807) is 17.0 Å². The van der Waals surface area contributed by atoms with Crippen LogP contribution >= 0.6 is 0 Å². The first kappa shape index (κ1) is 15.3. The fourth-order valence-electron chi connectivity index (χ4n) is 3.19. The maximum Gasteiger partial charge on any atom is 0.336 e. The van der Waals surface area contributed by atoms with Crippen molar-refractivity contribution < 1.29 is 19.1 Å². The summed E-state index contributed by atoms with van der Waals surface area (Å²) in [4.78, 5) is 38.4. The number of anilines is 1. The van der Waals surface area contributed by atoms with Crippen molar-refractivity contribution in [2.75, 3.05) is 19.0 Å². The average molecular weight is 314 g/mol. The van der Waals surface area contributed by atoms with Crippen LogP contribution in [0, 0.1) is 5.92 Å². The zero-order valence-electron chi connectivity index (χ0n) is 12.9. The number of hydrogen-bond donors (Lipinski definition) is 1. The molecule has 0 saturated carbocycles. The molecule has 6 heteroatoms. The first-order valence-corrected chi connectivity index (χ1v) is 7.59. The molecule has 1 aromatic carbocycles. The Kier molecular flexibility index (Phi) is 4.14. The molecule has 6 nitrogen and oxygen atoms in total. The lowest BCUT2D eigenvalue weighted by atomic mass is 9.95. The number of hydrogen-bond acceptors (Lipinski definition) is 4. The van der Waals surface area contributed by atoms with E-state index in [9.17, 15) is 14.4 Å². The molecule has 0 aromatic heterocycles. The van der Waals surface area contributed by atoms with Crippen LogP contribution in [0.4, 0.5) is 5.69 Å². The highest BCUT2D eigenvalue weighted by atomic mass is 16.5. The van der Waals surface area contributed by atoms with Gasteiger partial charge in [0.25, 0.3) is 0 Å². The van der Waals surface area contributed by atoms with Gasteiger partial charge in [-0.1, -0.05) is 18.2 Å². The van der Waals surface area contributed by atoms with E-state index < -0.39 is 11.9 Å². The van der Waals surface area contributed by atoms with E-state index in [2.05, 4.69) is 5.32 Å². The van der Waals surface area contributed by atoms with Gasteiger partial charge in [-0.15, -0.1) is 0 Å². The summed E-state index contributed by atoms with van der Waals surface area (Å²) in [6.45, 7) is 0.603. The number of carbonyl (C=O) groups is 3. The highest BCUT2D eigenvalue weighted by molar-refractivity contribution is 6.05. The number of amides is 2. The molecule has 2 aliphatic rings. The number of carbonyl (C=O) groups excluding carboxylic acids is 3. The molecule has 1 N–H and O–H groups in total. The van der Waals surface area contributed by atoms with Crippen molar-refractivity contribution >= 4 is 23.5 Å². The van der Waals surface area contributed by atoms with E-state index in [4.69, 9.17) is 4.74 Å². The van der Waals surface area contributed by atoms with Gasteiger partial charge in [-0.2, -0.15) is 0 Å². The number of allylic oxidation sites excluding steroid dienone is 1. The SMILES string of the molecule is COC(=O)C1=C2CCCN2C(=O)C1CC(=O)Nc1ccccc1. The molecule has 1 unspecified atom stereocenters. The number of para-hydroxylation sites is 1. The maximum atomic E-state index is 12.5. The van der Waals surface area contributed by atoms with E-state index in [0.29, 0.717) is 24.2 Å². The van der Waals surface area contributed by atoms with Crippen LogP contribution in [0.15, 0.2) is 41.6 Å². The standard InChI is InChI=1S/C17H18N2O4/c1-23-17(22)15-12(16(21)19-9-5-8-13(15)19)10-14(20)18-11-6-3-2-4-7-11/h2-4,6-7,12H,5,8-10H2,1H3,(H,18,20). The summed E-state index contributed by atoms with van der Waals surface area (Å²) in [6.07, 6.45) is 1.45. The van der Waals surface area contributed by atoms with Crippen molar-refractivity contribution in [2.24, 2.45) is 5.92 Å². The quantitative estimate of drug-likeness (QED) is 0.858. The van der Waals surface area contributed by atoms with Crippen molar-refractivity contribution in [3.8, 4) is 0 Å². The van der Waals surface area contributed by atoms with Gasteiger partial charge >= 0.3 is 5.97 Å². The summed E-state index contributed by atoms with van der Waals surface area (Å²) in [5, 5.41) is 2.75. The Bertz CT molecular complexity index is 681. The predicted octanol–water partition coefficient (Wildman–Crippen LogP) is 1.69. The van der Waals surface area contributed by atoms with E-state index >= 15 is 0 Å². The van der Waals surface area contributed by atoms with Crippen LogP contribution in [0.25, 0.3) is 0 Å². The number of methoxy groups -OCH3 is 1. The molecule has 0 spiro atoms. The van der Waals surface area contributed by atoms with Crippen LogP contribution < -0.4 is 5.32 Å². The van der Waals surface area contributed by atoms with Gasteiger partial charge in [0.2, 0.25) is 11.8 Å². The van der Waals surface area contributed by atoms with Gasteiger partial charge in [-0.05, 0) is 25.0 Å². The molecule has 120 valence electrons. The summed E-state index contributed by atoms with van der Waals surface area (Å²) in [6, 6.07) is 9.02. The van der Waals surface area contributed by atoms with Crippen LogP contribution in [-0.2, 0) is 19.1 Å². The second-order valence-electron chi connectivity index (χ2n) is 5.62. The Morgan fingerprint density at radius 2 is 2.04 bits per heavy atom. The number of nitrogens with one attached hydrogen (secondary N) is 1. The third kappa shape index (κ3) is 2.84. The van der Waals surface area contributed by atoms with Crippen molar-refractivity contribution in [2.45, 2.75) is 19.3 Å². The van der Waals surface area contributed by atoms with E-state index in [0.717, 1.165) is 12.1 Å². The fraction of sp³-hybridized carbons (Fsp3) is 0.353. The first-order valence-electron chi connectivity index (χ1n) is 7.59. The summed E-state index contributed by atoms with van der Waals surface area (Å²) < 4.78 is 4.81. The average Bonchev–Trinajstić information content (AvgIpc) is 3.11. The molecule has 0 aliphatic carbocycles. The van der Waals surface area contributed by atoms with Crippen LogP contribution in [0.5, 0.6) is 0 Å². The van der Waals surface area contributed by atoms with Gasteiger partial charge in [-0.25, -0.2) is 4.79 Å². The Hall–Kier alpha value is -2.63. The number of rotatable bonds is 4. The van der Waals surface area contributed by atoms with E-state index in [-0.39, 0.29) is 18.2 Å². The Morgan fingerprint density at radius 3 is 2.74 bits per heavy atom. The highest BCUT2D eigenvalue weighted by Crippen LogP contribution is 2.38. The van der Waals surface area contributed by atoms with E-state index in [1.807, 2.05) is 18.2 Å². The predicted molar refractivity (Wildman–Crippen MR) is 83.2 cm³/mol. The highest BCUT2D eigenvalue weighted by Gasteiger charge is 2.45. The molecule has 1 aromatic rings. The van der Waals surface area contributed by atoms with Gasteiger partial charge in [0.05, 0.1) is 18.6 Å². The summed E-state index contributed by atoms with van der Waals surface area (Å²) >= 11 is 0. The van der Waals surface area contributed by atoms with Gasteiger partial charge in [0, 0.05) is 24.4 Å². The van der Waals surface area contributed by atoms with Crippen LogP contribution in [0.1, 0.15) is 19.3 Å². The van der Waals surface area contributed by atoms with Gasteiger partial charge in [0.1, 0.15) is 0 Å². The van der Waals surface area contributed by atoms with Crippen molar-refractivity contribution in [1.29, 1.82) is 0 Å². The molecule has 1 saturated heterocycles. The second-order valence-corrected chi connectivity index (χ2v) is 5.62. The minimum absolute atomic E-state index is 0.0574. The zero-order valence-corrected chi connectivity index (χ0v) is 12.9.